The van der Waals surface area contributed by atoms with E-state index in [-0.39, 0.29) is 16.8 Å². The SMILES string of the molecule is CCCCN(C(C)CC)S(=O)(=O)c1cc(Br)cnc1NN. The van der Waals surface area contributed by atoms with E-state index in [1.54, 1.807) is 0 Å². The highest BCUT2D eigenvalue weighted by atomic mass is 79.9. The first kappa shape index (κ1) is 18.3. The summed E-state index contributed by atoms with van der Waals surface area (Å²) in [6.45, 7) is 6.41. The van der Waals surface area contributed by atoms with Crippen molar-refractivity contribution in [3.8, 4) is 0 Å². The molecule has 1 aromatic heterocycles. The summed E-state index contributed by atoms with van der Waals surface area (Å²) in [5, 5.41) is 0. The van der Waals surface area contributed by atoms with Crippen molar-refractivity contribution in [1.82, 2.24) is 9.29 Å². The van der Waals surface area contributed by atoms with E-state index in [2.05, 4.69) is 26.3 Å². The van der Waals surface area contributed by atoms with Gasteiger partial charge in [0.05, 0.1) is 0 Å². The summed E-state index contributed by atoms with van der Waals surface area (Å²) in [5.74, 6) is 5.55. The Labute approximate surface area is 135 Å². The molecule has 0 aromatic carbocycles. The second-order valence-electron chi connectivity index (χ2n) is 4.87. The van der Waals surface area contributed by atoms with E-state index in [1.807, 2.05) is 20.8 Å². The standard InChI is InChI=1S/C13H23BrN4O2S/c1-4-6-7-18(10(3)5-2)21(19,20)12-8-11(14)9-16-13(12)17-15/h8-10H,4-7,15H2,1-3H3,(H,16,17). The van der Waals surface area contributed by atoms with Gasteiger partial charge in [-0.2, -0.15) is 4.31 Å². The molecular formula is C13H23BrN4O2S. The number of hydrogen-bond donors (Lipinski definition) is 2. The van der Waals surface area contributed by atoms with Crippen LogP contribution in [-0.2, 0) is 10.0 Å². The number of hydrogen-bond acceptors (Lipinski definition) is 5. The monoisotopic (exact) mass is 378 g/mol. The van der Waals surface area contributed by atoms with Gasteiger partial charge in [0.15, 0.2) is 5.82 Å². The van der Waals surface area contributed by atoms with E-state index in [9.17, 15) is 8.42 Å². The molecule has 0 fully saturated rings. The van der Waals surface area contributed by atoms with Gasteiger partial charge in [0, 0.05) is 23.3 Å². The number of nitrogens with zero attached hydrogens (tertiary/aromatic N) is 2. The van der Waals surface area contributed by atoms with Gasteiger partial charge in [-0.05, 0) is 41.8 Å². The smallest absolute Gasteiger partial charge is 0.247 e. The number of rotatable bonds is 8. The van der Waals surface area contributed by atoms with Crippen LogP contribution in [0.3, 0.4) is 0 Å². The minimum absolute atomic E-state index is 0.0776. The van der Waals surface area contributed by atoms with Crippen LogP contribution in [0.15, 0.2) is 21.6 Å². The lowest BCUT2D eigenvalue weighted by atomic mass is 10.2. The van der Waals surface area contributed by atoms with Crippen LogP contribution < -0.4 is 11.3 Å². The fourth-order valence-corrected chi connectivity index (χ4v) is 4.31. The second-order valence-corrected chi connectivity index (χ2v) is 7.65. The van der Waals surface area contributed by atoms with Crippen LogP contribution in [0.2, 0.25) is 0 Å². The van der Waals surface area contributed by atoms with E-state index in [0.717, 1.165) is 19.3 Å². The largest absolute Gasteiger partial charge is 0.307 e. The number of halogens is 1. The molecule has 0 saturated carbocycles. The van der Waals surface area contributed by atoms with Crippen LogP contribution in [0.4, 0.5) is 5.82 Å². The Morgan fingerprint density at radius 1 is 1.48 bits per heavy atom. The maximum absolute atomic E-state index is 12.9. The van der Waals surface area contributed by atoms with Crippen molar-refractivity contribution >= 4 is 31.8 Å². The Balaban J connectivity index is 3.31. The van der Waals surface area contributed by atoms with E-state index in [4.69, 9.17) is 5.84 Å². The summed E-state index contributed by atoms with van der Waals surface area (Å²) in [4.78, 5) is 4.12. The molecule has 21 heavy (non-hydrogen) atoms. The van der Waals surface area contributed by atoms with Crippen LogP contribution in [0.25, 0.3) is 0 Å². The molecule has 0 spiro atoms. The number of unbranched alkanes of at least 4 members (excludes halogenated alkanes) is 1. The quantitative estimate of drug-likeness (QED) is 0.536. The maximum atomic E-state index is 12.9. The molecule has 1 unspecified atom stereocenters. The fraction of sp³-hybridized carbons (Fsp3) is 0.615. The Bertz CT molecular complexity index is 565. The molecule has 1 heterocycles. The minimum atomic E-state index is -3.65. The minimum Gasteiger partial charge on any atom is -0.307 e. The molecule has 1 rings (SSSR count). The number of aromatic nitrogens is 1. The van der Waals surface area contributed by atoms with Crippen molar-refractivity contribution < 1.29 is 8.42 Å². The summed E-state index contributed by atoms with van der Waals surface area (Å²) < 4.78 is 28.0. The third kappa shape index (κ3) is 4.38. The zero-order valence-corrected chi connectivity index (χ0v) is 15.0. The molecule has 6 nitrogen and oxygen atoms in total. The molecule has 0 aliphatic heterocycles. The highest BCUT2D eigenvalue weighted by molar-refractivity contribution is 9.10. The van der Waals surface area contributed by atoms with Crippen LogP contribution in [0.5, 0.6) is 0 Å². The molecule has 8 heteroatoms. The molecule has 0 saturated heterocycles. The molecular weight excluding hydrogens is 356 g/mol. The first-order chi connectivity index (χ1) is 9.88. The molecule has 0 bridgehead atoms. The Morgan fingerprint density at radius 2 is 2.14 bits per heavy atom. The molecule has 0 amide bonds. The van der Waals surface area contributed by atoms with E-state index < -0.39 is 10.0 Å². The highest BCUT2D eigenvalue weighted by Crippen LogP contribution is 2.27. The van der Waals surface area contributed by atoms with Gasteiger partial charge in [0.2, 0.25) is 10.0 Å². The van der Waals surface area contributed by atoms with E-state index in [0.29, 0.717) is 11.0 Å². The van der Waals surface area contributed by atoms with Crippen molar-refractivity contribution in [1.29, 1.82) is 0 Å². The molecule has 0 aliphatic carbocycles. The lowest BCUT2D eigenvalue weighted by Gasteiger charge is -2.28. The number of nitrogen functional groups attached to an aromatic ring is 1. The summed E-state index contributed by atoms with van der Waals surface area (Å²) in [7, 11) is -3.65. The lowest BCUT2D eigenvalue weighted by Crippen LogP contribution is -2.39. The first-order valence-electron chi connectivity index (χ1n) is 7.02. The summed E-state index contributed by atoms with van der Waals surface area (Å²) in [6.07, 6.45) is 4.00. The average Bonchev–Trinajstić information content (AvgIpc) is 2.47. The van der Waals surface area contributed by atoms with E-state index in [1.165, 1.54) is 16.6 Å². The van der Waals surface area contributed by atoms with Crippen molar-refractivity contribution in [2.24, 2.45) is 5.84 Å². The zero-order chi connectivity index (χ0) is 16.0. The number of hydrazine groups is 1. The number of anilines is 1. The van der Waals surface area contributed by atoms with Gasteiger partial charge >= 0.3 is 0 Å². The van der Waals surface area contributed by atoms with Gasteiger partial charge in [-0.15, -0.1) is 0 Å². The van der Waals surface area contributed by atoms with Gasteiger partial charge in [-0.1, -0.05) is 20.3 Å². The number of nitrogens with one attached hydrogen (secondary N) is 1. The van der Waals surface area contributed by atoms with Gasteiger partial charge in [0.1, 0.15) is 4.90 Å². The van der Waals surface area contributed by atoms with Gasteiger partial charge < -0.3 is 5.43 Å². The average molecular weight is 379 g/mol. The van der Waals surface area contributed by atoms with Crippen LogP contribution in [0, 0.1) is 0 Å². The van der Waals surface area contributed by atoms with Gasteiger partial charge in [0.25, 0.3) is 0 Å². The maximum Gasteiger partial charge on any atom is 0.247 e. The van der Waals surface area contributed by atoms with Crippen molar-refractivity contribution in [2.75, 3.05) is 12.0 Å². The predicted octanol–water partition coefficient (Wildman–Crippen LogP) is 2.72. The first-order valence-corrected chi connectivity index (χ1v) is 9.25. The summed E-state index contributed by atoms with van der Waals surface area (Å²) >= 11 is 3.26. The summed E-state index contributed by atoms with van der Waals surface area (Å²) in [5.41, 5.74) is 2.36. The van der Waals surface area contributed by atoms with Crippen LogP contribution in [-0.4, -0.2) is 30.3 Å². The van der Waals surface area contributed by atoms with Crippen LogP contribution in [0.1, 0.15) is 40.0 Å². The normalized spacial score (nSPS) is 13.4. The summed E-state index contributed by atoms with van der Waals surface area (Å²) in [6, 6.07) is 1.45. The molecule has 0 aliphatic rings. The zero-order valence-electron chi connectivity index (χ0n) is 12.6. The number of sulfonamides is 1. The second kappa shape index (κ2) is 8.07. The van der Waals surface area contributed by atoms with Gasteiger partial charge in [-0.25, -0.2) is 19.2 Å². The van der Waals surface area contributed by atoms with Gasteiger partial charge in [-0.3, -0.25) is 0 Å². The lowest BCUT2D eigenvalue weighted by molar-refractivity contribution is 0.324. The fourth-order valence-electron chi connectivity index (χ4n) is 1.95. The third-order valence-corrected chi connectivity index (χ3v) is 5.82. The van der Waals surface area contributed by atoms with Crippen LogP contribution >= 0.6 is 15.9 Å². The molecule has 1 aromatic rings. The topological polar surface area (TPSA) is 88.3 Å². The molecule has 120 valence electrons. The van der Waals surface area contributed by atoms with Crippen molar-refractivity contribution in [3.05, 3.63) is 16.7 Å². The van der Waals surface area contributed by atoms with Crippen molar-refractivity contribution in [2.45, 2.75) is 51.0 Å². The molecule has 1 atom stereocenters. The third-order valence-electron chi connectivity index (χ3n) is 3.36. The Kier molecular flexibility index (Phi) is 7.05. The number of pyridine rings is 1. The van der Waals surface area contributed by atoms with E-state index >= 15 is 0 Å². The predicted molar refractivity (Wildman–Crippen MR) is 88.3 cm³/mol. The Morgan fingerprint density at radius 3 is 2.67 bits per heavy atom. The molecule has 0 radical (unpaired) electrons. The molecule has 3 N–H and O–H groups in total. The number of nitrogens with two attached hydrogens (primary N) is 1. The van der Waals surface area contributed by atoms with Crippen molar-refractivity contribution in [3.63, 3.8) is 0 Å². The highest BCUT2D eigenvalue weighted by Gasteiger charge is 2.30. The Hall–Kier alpha value is -0.700.